The minimum Gasteiger partial charge on any atom is -0.490 e. The highest BCUT2D eigenvalue weighted by Gasteiger charge is 2.24. The van der Waals surface area contributed by atoms with Crippen LogP contribution in [0.4, 0.5) is 0 Å². The molecule has 0 unspecified atom stereocenters. The minimum atomic E-state index is -0.512. The van der Waals surface area contributed by atoms with Gasteiger partial charge in [-0.3, -0.25) is 0 Å². The zero-order valence-electron chi connectivity index (χ0n) is 7.90. The second-order valence-electron chi connectivity index (χ2n) is 3.54. The lowest BCUT2D eigenvalue weighted by Gasteiger charge is -2.27. The number of nitrogens with zero attached hydrogens (tertiary/aromatic N) is 1. The van der Waals surface area contributed by atoms with Gasteiger partial charge in [0.1, 0.15) is 5.75 Å². The van der Waals surface area contributed by atoms with E-state index in [9.17, 15) is 5.11 Å². The van der Waals surface area contributed by atoms with E-state index in [1.54, 1.807) is 18.2 Å². The highest BCUT2D eigenvalue weighted by atomic mass is 16.5. The Labute approximate surface area is 82.6 Å². The summed E-state index contributed by atoms with van der Waals surface area (Å²) in [6.45, 7) is 1.92. The highest BCUT2D eigenvalue weighted by molar-refractivity contribution is 5.44. The number of benzene rings is 1. The van der Waals surface area contributed by atoms with Gasteiger partial charge in [-0.25, -0.2) is 0 Å². The zero-order valence-corrected chi connectivity index (χ0v) is 7.90. The van der Waals surface area contributed by atoms with Crippen LogP contribution in [-0.4, -0.2) is 11.2 Å². The van der Waals surface area contributed by atoms with Crippen molar-refractivity contribution in [2.75, 3.05) is 0 Å². The van der Waals surface area contributed by atoms with Gasteiger partial charge in [0, 0.05) is 12.0 Å². The van der Waals surface area contributed by atoms with Crippen molar-refractivity contribution in [1.82, 2.24) is 0 Å². The Balaban J connectivity index is 2.45. The Kier molecular flexibility index (Phi) is 2.14. The molecule has 0 aliphatic carbocycles. The van der Waals surface area contributed by atoms with Crippen molar-refractivity contribution < 1.29 is 9.84 Å². The Morgan fingerprint density at radius 3 is 3.07 bits per heavy atom. The van der Waals surface area contributed by atoms with Gasteiger partial charge in [0.05, 0.1) is 23.8 Å². The van der Waals surface area contributed by atoms with Gasteiger partial charge in [-0.2, -0.15) is 5.26 Å². The normalized spacial score (nSPS) is 24.6. The third-order valence-electron chi connectivity index (χ3n) is 2.38. The lowest BCUT2D eigenvalue weighted by Crippen LogP contribution is -2.22. The standard InChI is InChI=1S/C11H11NO2/c1-7-4-10(13)9-5-8(6-12)2-3-11(9)14-7/h2-3,5,7,10,13H,4H2,1H3/t7-,10-/m1/s1. The van der Waals surface area contributed by atoms with Gasteiger partial charge in [0.15, 0.2) is 0 Å². The van der Waals surface area contributed by atoms with Crippen LogP contribution in [0.15, 0.2) is 18.2 Å². The van der Waals surface area contributed by atoms with E-state index >= 15 is 0 Å². The maximum Gasteiger partial charge on any atom is 0.125 e. The summed E-state index contributed by atoms with van der Waals surface area (Å²) in [5.74, 6) is 0.690. The lowest BCUT2D eigenvalue weighted by atomic mass is 9.98. The molecule has 1 aromatic carbocycles. The van der Waals surface area contributed by atoms with E-state index < -0.39 is 6.10 Å². The van der Waals surface area contributed by atoms with Crippen LogP contribution >= 0.6 is 0 Å². The fourth-order valence-corrected chi connectivity index (χ4v) is 1.69. The summed E-state index contributed by atoms with van der Waals surface area (Å²) in [6.07, 6.45) is 0.106. The van der Waals surface area contributed by atoms with Gasteiger partial charge in [-0.05, 0) is 25.1 Å². The van der Waals surface area contributed by atoms with Crippen LogP contribution in [0.25, 0.3) is 0 Å². The first-order valence-corrected chi connectivity index (χ1v) is 4.59. The molecule has 1 aromatic rings. The molecule has 3 nitrogen and oxygen atoms in total. The average Bonchev–Trinajstić information content (AvgIpc) is 2.17. The molecule has 14 heavy (non-hydrogen) atoms. The molecule has 0 bridgehead atoms. The van der Waals surface area contributed by atoms with Crippen molar-refractivity contribution >= 4 is 0 Å². The molecule has 0 saturated heterocycles. The fourth-order valence-electron chi connectivity index (χ4n) is 1.69. The number of hydrogen-bond acceptors (Lipinski definition) is 3. The Morgan fingerprint density at radius 2 is 2.36 bits per heavy atom. The summed E-state index contributed by atoms with van der Waals surface area (Å²) in [4.78, 5) is 0. The van der Waals surface area contributed by atoms with Crippen LogP contribution in [-0.2, 0) is 0 Å². The van der Waals surface area contributed by atoms with Crippen LogP contribution in [0.3, 0.4) is 0 Å². The molecule has 0 radical (unpaired) electrons. The predicted octanol–water partition coefficient (Wildman–Crippen LogP) is 1.76. The van der Waals surface area contributed by atoms with Crippen LogP contribution in [0.1, 0.15) is 30.6 Å². The second kappa shape index (κ2) is 3.32. The van der Waals surface area contributed by atoms with Gasteiger partial charge in [-0.1, -0.05) is 0 Å². The largest absolute Gasteiger partial charge is 0.490 e. The molecule has 0 fully saturated rings. The highest BCUT2D eigenvalue weighted by Crippen LogP contribution is 2.34. The minimum absolute atomic E-state index is 0.0328. The summed E-state index contributed by atoms with van der Waals surface area (Å²) in [6, 6.07) is 7.17. The number of nitriles is 1. The molecule has 2 rings (SSSR count). The van der Waals surface area contributed by atoms with E-state index in [1.807, 2.05) is 13.0 Å². The Morgan fingerprint density at radius 1 is 1.57 bits per heavy atom. The quantitative estimate of drug-likeness (QED) is 0.676. The third-order valence-corrected chi connectivity index (χ3v) is 2.38. The third kappa shape index (κ3) is 1.45. The maximum absolute atomic E-state index is 9.76. The van der Waals surface area contributed by atoms with E-state index in [0.29, 0.717) is 17.7 Å². The molecule has 0 aromatic heterocycles. The predicted molar refractivity (Wildman–Crippen MR) is 50.8 cm³/mol. The van der Waals surface area contributed by atoms with Crippen LogP contribution in [0.5, 0.6) is 5.75 Å². The summed E-state index contributed by atoms with van der Waals surface area (Å²) in [7, 11) is 0. The van der Waals surface area contributed by atoms with Crippen molar-refractivity contribution in [3.63, 3.8) is 0 Å². The van der Waals surface area contributed by atoms with Crippen LogP contribution < -0.4 is 4.74 Å². The van der Waals surface area contributed by atoms with Gasteiger partial charge in [0.25, 0.3) is 0 Å². The average molecular weight is 189 g/mol. The summed E-state index contributed by atoms with van der Waals surface area (Å²) in [5.41, 5.74) is 1.28. The Bertz CT molecular complexity index is 395. The number of fused-ring (bicyclic) bond motifs is 1. The van der Waals surface area contributed by atoms with Gasteiger partial charge in [-0.15, -0.1) is 0 Å². The van der Waals surface area contributed by atoms with Crippen LogP contribution in [0, 0.1) is 11.3 Å². The van der Waals surface area contributed by atoms with Crippen molar-refractivity contribution in [2.24, 2.45) is 0 Å². The van der Waals surface area contributed by atoms with Crippen molar-refractivity contribution in [1.29, 1.82) is 5.26 Å². The Hall–Kier alpha value is -1.53. The van der Waals surface area contributed by atoms with Gasteiger partial charge in [0.2, 0.25) is 0 Å². The van der Waals surface area contributed by atoms with Crippen molar-refractivity contribution in [3.8, 4) is 11.8 Å². The number of hydrogen-bond donors (Lipinski definition) is 1. The summed E-state index contributed by atoms with van der Waals surface area (Å²) < 4.78 is 5.53. The summed E-state index contributed by atoms with van der Waals surface area (Å²) >= 11 is 0. The molecule has 1 aliphatic rings. The fraction of sp³-hybridized carbons (Fsp3) is 0.364. The topological polar surface area (TPSA) is 53.2 Å². The van der Waals surface area contributed by atoms with Gasteiger partial charge >= 0.3 is 0 Å². The molecular formula is C11H11NO2. The van der Waals surface area contributed by atoms with Gasteiger partial charge < -0.3 is 9.84 Å². The van der Waals surface area contributed by atoms with E-state index in [2.05, 4.69) is 0 Å². The molecule has 0 saturated carbocycles. The smallest absolute Gasteiger partial charge is 0.125 e. The zero-order chi connectivity index (χ0) is 10.1. The van der Waals surface area contributed by atoms with E-state index in [0.717, 1.165) is 5.56 Å². The van der Waals surface area contributed by atoms with Crippen LogP contribution in [0.2, 0.25) is 0 Å². The molecule has 0 spiro atoms. The molecule has 1 N–H and O–H groups in total. The van der Waals surface area contributed by atoms with E-state index in [-0.39, 0.29) is 6.10 Å². The van der Waals surface area contributed by atoms with E-state index in [1.165, 1.54) is 0 Å². The lowest BCUT2D eigenvalue weighted by molar-refractivity contribution is 0.0749. The van der Waals surface area contributed by atoms with Crippen molar-refractivity contribution in [2.45, 2.75) is 25.6 Å². The van der Waals surface area contributed by atoms with E-state index in [4.69, 9.17) is 10.00 Å². The molecule has 3 heteroatoms. The first-order valence-electron chi connectivity index (χ1n) is 4.59. The maximum atomic E-state index is 9.76. The second-order valence-corrected chi connectivity index (χ2v) is 3.54. The monoisotopic (exact) mass is 189 g/mol. The number of ether oxygens (including phenoxy) is 1. The first-order chi connectivity index (χ1) is 6.70. The molecule has 72 valence electrons. The SMILES string of the molecule is C[C@@H]1C[C@@H](O)c2cc(C#N)ccc2O1. The molecule has 0 amide bonds. The number of aliphatic hydroxyl groups excluding tert-OH is 1. The summed E-state index contributed by atoms with van der Waals surface area (Å²) in [5, 5.41) is 18.5. The number of rotatable bonds is 0. The molecular weight excluding hydrogens is 178 g/mol. The number of aliphatic hydroxyl groups is 1. The van der Waals surface area contributed by atoms with Crippen molar-refractivity contribution in [3.05, 3.63) is 29.3 Å². The molecule has 2 atom stereocenters. The molecule has 1 aliphatic heterocycles. The first kappa shape index (κ1) is 9.04. The molecule has 1 heterocycles.